The first kappa shape index (κ1) is 10.5. The van der Waals surface area contributed by atoms with Gasteiger partial charge in [-0.25, -0.2) is 0 Å². The van der Waals surface area contributed by atoms with Gasteiger partial charge in [0, 0.05) is 12.5 Å². The third-order valence-electron chi connectivity index (χ3n) is 2.75. The molecule has 0 aliphatic carbocycles. The fourth-order valence-electron chi connectivity index (χ4n) is 1.92. The van der Waals surface area contributed by atoms with Crippen LogP contribution in [-0.4, -0.2) is 28.7 Å². The van der Waals surface area contributed by atoms with Crippen LogP contribution in [0.2, 0.25) is 0 Å². The Morgan fingerprint density at radius 3 is 2.92 bits per heavy atom. The van der Waals surface area contributed by atoms with Crippen molar-refractivity contribution in [2.24, 2.45) is 0 Å². The lowest BCUT2D eigenvalue weighted by molar-refractivity contribution is -0.132. The van der Waals surface area contributed by atoms with Crippen LogP contribution in [0.1, 0.15) is 45.4 Å². The summed E-state index contributed by atoms with van der Waals surface area (Å²) < 4.78 is 0. The first-order valence-corrected chi connectivity index (χ1v) is 5.20. The number of aliphatic hydroxyl groups is 1. The van der Waals surface area contributed by atoms with Crippen molar-refractivity contribution < 1.29 is 9.90 Å². The maximum Gasteiger partial charge on any atom is 0.224 e. The van der Waals surface area contributed by atoms with Crippen LogP contribution < -0.4 is 0 Å². The molecule has 1 N–H and O–H groups in total. The zero-order chi connectivity index (χ0) is 9.68. The van der Waals surface area contributed by atoms with Crippen molar-refractivity contribution in [2.45, 2.75) is 51.5 Å². The molecule has 13 heavy (non-hydrogen) atoms. The van der Waals surface area contributed by atoms with Gasteiger partial charge in [-0.3, -0.25) is 4.79 Å². The summed E-state index contributed by atoms with van der Waals surface area (Å²) in [4.78, 5) is 12.8. The van der Waals surface area contributed by atoms with Crippen LogP contribution in [0.15, 0.2) is 0 Å². The Labute approximate surface area is 79.7 Å². The Morgan fingerprint density at radius 1 is 1.54 bits per heavy atom. The number of amides is 1. The second-order valence-corrected chi connectivity index (χ2v) is 3.69. The quantitative estimate of drug-likeness (QED) is 0.659. The van der Waals surface area contributed by atoms with Gasteiger partial charge in [0.2, 0.25) is 5.91 Å². The van der Waals surface area contributed by atoms with E-state index >= 15 is 0 Å². The van der Waals surface area contributed by atoms with E-state index in [1.54, 1.807) is 4.90 Å². The molecule has 1 saturated heterocycles. The normalized spacial score (nSPS) is 22.8. The number of unbranched alkanes of at least 4 members (excludes halogenated alkanes) is 2. The highest BCUT2D eigenvalue weighted by Crippen LogP contribution is 2.22. The summed E-state index contributed by atoms with van der Waals surface area (Å²) >= 11 is 0. The summed E-state index contributed by atoms with van der Waals surface area (Å²) in [5.41, 5.74) is 0. The van der Waals surface area contributed by atoms with E-state index in [1.165, 1.54) is 19.3 Å². The third kappa shape index (κ3) is 2.69. The number of likely N-dealkylation sites (tertiary alicyclic amines) is 1. The summed E-state index contributed by atoms with van der Waals surface area (Å²) in [7, 11) is 0. The Hall–Kier alpha value is -0.570. The molecule has 1 unspecified atom stereocenters. The molecule has 1 atom stereocenters. The zero-order valence-corrected chi connectivity index (χ0v) is 8.33. The summed E-state index contributed by atoms with van der Waals surface area (Å²) in [5.74, 6) is 0.115. The fraction of sp³-hybridized carbons (Fsp3) is 0.900. The van der Waals surface area contributed by atoms with Crippen molar-refractivity contribution in [3.63, 3.8) is 0 Å². The van der Waals surface area contributed by atoms with Crippen LogP contribution in [0.3, 0.4) is 0 Å². The summed E-state index contributed by atoms with van der Waals surface area (Å²) in [6.07, 6.45) is 6.22. The number of carbonyl (C=O) groups is 1. The Kier molecular flexibility index (Phi) is 4.22. The molecule has 76 valence electrons. The van der Waals surface area contributed by atoms with Gasteiger partial charge in [0.1, 0.15) is 6.73 Å². The molecule has 1 heterocycles. The molecule has 1 aliphatic heterocycles. The molecule has 1 amide bonds. The van der Waals surface area contributed by atoms with Crippen LogP contribution in [0.25, 0.3) is 0 Å². The van der Waals surface area contributed by atoms with Crippen LogP contribution in [0.4, 0.5) is 0 Å². The van der Waals surface area contributed by atoms with Crippen molar-refractivity contribution in [1.29, 1.82) is 0 Å². The maximum absolute atomic E-state index is 11.2. The number of aliphatic hydroxyl groups excluding tert-OH is 1. The highest BCUT2D eigenvalue weighted by atomic mass is 16.3. The van der Waals surface area contributed by atoms with E-state index in [0.29, 0.717) is 12.5 Å². The van der Waals surface area contributed by atoms with Gasteiger partial charge in [0.05, 0.1) is 0 Å². The molecular formula is C10H19NO2. The molecule has 0 spiro atoms. The number of rotatable bonds is 5. The number of hydrogen-bond donors (Lipinski definition) is 1. The fourth-order valence-corrected chi connectivity index (χ4v) is 1.92. The lowest BCUT2D eigenvalue weighted by atomic mass is 10.1. The highest BCUT2D eigenvalue weighted by Gasteiger charge is 2.29. The minimum atomic E-state index is -0.102. The molecular weight excluding hydrogens is 166 g/mol. The molecule has 1 rings (SSSR count). The average molecular weight is 185 g/mol. The van der Waals surface area contributed by atoms with Gasteiger partial charge in [-0.15, -0.1) is 0 Å². The molecule has 3 heteroatoms. The van der Waals surface area contributed by atoms with Crippen molar-refractivity contribution in [3.8, 4) is 0 Å². The van der Waals surface area contributed by atoms with Gasteiger partial charge >= 0.3 is 0 Å². The SMILES string of the molecule is CCCCCC1CCC(=O)N1CO. The number of nitrogens with zero attached hydrogens (tertiary/aromatic N) is 1. The standard InChI is InChI=1S/C10H19NO2/c1-2-3-4-5-9-6-7-10(13)11(9)8-12/h9,12H,2-8H2,1H3. The third-order valence-corrected chi connectivity index (χ3v) is 2.75. The van der Waals surface area contributed by atoms with E-state index in [9.17, 15) is 4.79 Å². The topological polar surface area (TPSA) is 40.5 Å². The van der Waals surface area contributed by atoms with E-state index in [4.69, 9.17) is 5.11 Å². The van der Waals surface area contributed by atoms with Crippen LogP contribution in [0.5, 0.6) is 0 Å². The zero-order valence-electron chi connectivity index (χ0n) is 8.33. The van der Waals surface area contributed by atoms with Gasteiger partial charge in [-0.05, 0) is 12.8 Å². The predicted molar refractivity (Wildman–Crippen MR) is 51.1 cm³/mol. The second kappa shape index (κ2) is 5.22. The molecule has 3 nitrogen and oxygen atoms in total. The molecule has 0 aromatic rings. The molecule has 0 aromatic heterocycles. The van der Waals surface area contributed by atoms with Gasteiger partial charge in [0.15, 0.2) is 0 Å². The van der Waals surface area contributed by atoms with Crippen LogP contribution >= 0.6 is 0 Å². The second-order valence-electron chi connectivity index (χ2n) is 3.69. The largest absolute Gasteiger partial charge is 0.376 e. The molecule has 1 aliphatic rings. The lowest BCUT2D eigenvalue weighted by Gasteiger charge is -2.21. The number of carbonyl (C=O) groups excluding carboxylic acids is 1. The predicted octanol–water partition coefficient (Wildman–Crippen LogP) is 1.51. The summed E-state index contributed by atoms with van der Waals surface area (Å²) in [6, 6.07) is 0.309. The highest BCUT2D eigenvalue weighted by molar-refractivity contribution is 5.78. The molecule has 1 fully saturated rings. The van der Waals surface area contributed by atoms with Crippen molar-refractivity contribution in [3.05, 3.63) is 0 Å². The van der Waals surface area contributed by atoms with E-state index in [-0.39, 0.29) is 12.6 Å². The van der Waals surface area contributed by atoms with Crippen molar-refractivity contribution in [1.82, 2.24) is 4.90 Å². The molecule has 0 bridgehead atoms. The van der Waals surface area contributed by atoms with E-state index in [2.05, 4.69) is 6.92 Å². The van der Waals surface area contributed by atoms with E-state index < -0.39 is 0 Å². The molecule has 0 radical (unpaired) electrons. The maximum atomic E-state index is 11.2. The first-order chi connectivity index (χ1) is 6.29. The Morgan fingerprint density at radius 2 is 2.31 bits per heavy atom. The van der Waals surface area contributed by atoms with Gasteiger partial charge in [-0.1, -0.05) is 26.2 Å². The van der Waals surface area contributed by atoms with Crippen molar-refractivity contribution >= 4 is 5.91 Å². The first-order valence-electron chi connectivity index (χ1n) is 5.20. The minimum absolute atomic E-state index is 0.102. The Bertz CT molecular complexity index is 170. The smallest absolute Gasteiger partial charge is 0.224 e. The molecule has 0 saturated carbocycles. The van der Waals surface area contributed by atoms with Gasteiger partial charge in [-0.2, -0.15) is 0 Å². The monoisotopic (exact) mass is 185 g/mol. The van der Waals surface area contributed by atoms with Crippen LogP contribution in [-0.2, 0) is 4.79 Å². The summed E-state index contributed by atoms with van der Waals surface area (Å²) in [5, 5.41) is 8.97. The Balaban J connectivity index is 2.28. The summed E-state index contributed by atoms with van der Waals surface area (Å²) in [6.45, 7) is 2.07. The van der Waals surface area contributed by atoms with E-state index in [0.717, 1.165) is 12.8 Å². The van der Waals surface area contributed by atoms with Crippen molar-refractivity contribution in [2.75, 3.05) is 6.73 Å². The molecule has 0 aromatic carbocycles. The lowest BCUT2D eigenvalue weighted by Crippen LogP contribution is -2.33. The minimum Gasteiger partial charge on any atom is -0.376 e. The number of hydrogen-bond acceptors (Lipinski definition) is 2. The van der Waals surface area contributed by atoms with Gasteiger partial charge < -0.3 is 10.0 Å². The van der Waals surface area contributed by atoms with E-state index in [1.807, 2.05) is 0 Å². The van der Waals surface area contributed by atoms with Gasteiger partial charge in [0.25, 0.3) is 0 Å². The average Bonchev–Trinajstić information content (AvgIpc) is 2.47. The van der Waals surface area contributed by atoms with Crippen LogP contribution in [0, 0.1) is 0 Å².